The summed E-state index contributed by atoms with van der Waals surface area (Å²) in [6, 6.07) is 24.5. The molecule has 4 rings (SSSR count). The Morgan fingerprint density at radius 1 is 1.00 bits per heavy atom. The molecule has 1 aliphatic rings. The Kier molecular flexibility index (Phi) is 6.17. The highest BCUT2D eigenvalue weighted by molar-refractivity contribution is 5.98. The maximum absolute atomic E-state index is 12.9. The highest BCUT2D eigenvalue weighted by Crippen LogP contribution is 2.31. The lowest BCUT2D eigenvalue weighted by molar-refractivity contribution is -0.122. The van der Waals surface area contributed by atoms with E-state index in [9.17, 15) is 9.59 Å². The summed E-state index contributed by atoms with van der Waals surface area (Å²) >= 11 is 0. The van der Waals surface area contributed by atoms with Gasteiger partial charge in [-0.2, -0.15) is 0 Å². The van der Waals surface area contributed by atoms with E-state index in [2.05, 4.69) is 5.32 Å². The van der Waals surface area contributed by atoms with Gasteiger partial charge in [-0.3, -0.25) is 9.59 Å². The second-order valence-electron chi connectivity index (χ2n) is 7.24. The van der Waals surface area contributed by atoms with Gasteiger partial charge >= 0.3 is 0 Å². The van der Waals surface area contributed by atoms with E-state index in [-0.39, 0.29) is 37.4 Å². The number of rotatable bonds is 7. The number of fused-ring (bicyclic) bond motifs is 1. The topological polar surface area (TPSA) is 67.9 Å². The van der Waals surface area contributed by atoms with Crippen LogP contribution in [0.2, 0.25) is 0 Å². The quantitative estimate of drug-likeness (QED) is 0.638. The number of carbonyl (C=O) groups is 2. The lowest BCUT2D eigenvalue weighted by Crippen LogP contribution is -2.41. The van der Waals surface area contributed by atoms with E-state index >= 15 is 0 Å². The van der Waals surface area contributed by atoms with E-state index in [4.69, 9.17) is 9.47 Å². The van der Waals surface area contributed by atoms with Crippen molar-refractivity contribution in [2.45, 2.75) is 12.5 Å². The van der Waals surface area contributed by atoms with Gasteiger partial charge in [-0.15, -0.1) is 0 Å². The third-order valence-electron chi connectivity index (χ3n) is 5.26. The molecule has 1 atom stereocenters. The number of carbonyl (C=O) groups excluding carboxylic acids is 2. The molecule has 0 fully saturated rings. The first-order chi connectivity index (χ1) is 15.2. The Morgan fingerprint density at radius 2 is 1.68 bits per heavy atom. The zero-order valence-corrected chi connectivity index (χ0v) is 17.3. The molecule has 6 nitrogen and oxygen atoms in total. The molecule has 6 heteroatoms. The van der Waals surface area contributed by atoms with Crippen LogP contribution in [-0.2, 0) is 9.59 Å². The van der Waals surface area contributed by atoms with Crippen LogP contribution in [0.25, 0.3) is 0 Å². The van der Waals surface area contributed by atoms with E-state index in [0.717, 1.165) is 16.9 Å². The average molecular weight is 416 g/mol. The van der Waals surface area contributed by atoms with Gasteiger partial charge < -0.3 is 19.7 Å². The predicted molar refractivity (Wildman–Crippen MR) is 118 cm³/mol. The van der Waals surface area contributed by atoms with Gasteiger partial charge in [0, 0.05) is 13.0 Å². The van der Waals surface area contributed by atoms with Gasteiger partial charge in [0.15, 0.2) is 6.61 Å². The molecule has 0 spiro atoms. The van der Waals surface area contributed by atoms with E-state index in [1.165, 1.54) is 0 Å². The molecular weight excluding hydrogens is 392 g/mol. The average Bonchev–Trinajstić information content (AvgIpc) is 2.82. The maximum atomic E-state index is 12.9. The third kappa shape index (κ3) is 4.69. The van der Waals surface area contributed by atoms with Crippen LogP contribution in [0.1, 0.15) is 23.6 Å². The minimum absolute atomic E-state index is 0.0167. The van der Waals surface area contributed by atoms with Crippen molar-refractivity contribution in [1.82, 2.24) is 5.32 Å². The van der Waals surface area contributed by atoms with Crippen molar-refractivity contribution >= 4 is 17.5 Å². The highest BCUT2D eigenvalue weighted by atomic mass is 16.5. The summed E-state index contributed by atoms with van der Waals surface area (Å²) in [6.07, 6.45) is 0.180. The molecule has 2 amide bonds. The Morgan fingerprint density at radius 3 is 2.42 bits per heavy atom. The number of nitrogens with zero attached hydrogens (tertiary/aromatic N) is 1. The van der Waals surface area contributed by atoms with Crippen molar-refractivity contribution in [2.24, 2.45) is 0 Å². The summed E-state index contributed by atoms with van der Waals surface area (Å²) < 4.78 is 10.7. The number of hydrogen-bond donors (Lipinski definition) is 1. The predicted octanol–water partition coefficient (Wildman–Crippen LogP) is 3.72. The van der Waals surface area contributed by atoms with E-state index < -0.39 is 0 Å². The standard InChI is InChI=1S/C25H24N2O4/c1-30-20-13-11-19(12-14-20)25(18-7-3-2-4-8-18)26-23(28)15-16-27-21-9-5-6-10-22(21)31-17-24(27)29/h2-14,25H,15-17H2,1H3,(H,26,28). The Balaban J connectivity index is 1.48. The highest BCUT2D eigenvalue weighted by Gasteiger charge is 2.26. The molecule has 0 saturated heterocycles. The molecule has 158 valence electrons. The summed E-state index contributed by atoms with van der Waals surface area (Å²) in [6.45, 7) is 0.270. The summed E-state index contributed by atoms with van der Waals surface area (Å²) in [5.74, 6) is 1.12. The first-order valence-corrected chi connectivity index (χ1v) is 10.2. The van der Waals surface area contributed by atoms with E-state index in [1.54, 1.807) is 12.0 Å². The fraction of sp³-hybridized carbons (Fsp3) is 0.200. The Bertz CT molecular complexity index is 1050. The zero-order valence-electron chi connectivity index (χ0n) is 17.3. The molecule has 0 aliphatic carbocycles. The molecule has 1 heterocycles. The molecule has 31 heavy (non-hydrogen) atoms. The lowest BCUT2D eigenvalue weighted by Gasteiger charge is -2.29. The lowest BCUT2D eigenvalue weighted by atomic mass is 9.98. The SMILES string of the molecule is COc1ccc(C(NC(=O)CCN2C(=O)COc3ccccc32)c2ccccc2)cc1. The molecule has 3 aromatic rings. The molecule has 1 N–H and O–H groups in total. The maximum Gasteiger partial charge on any atom is 0.265 e. The van der Waals surface area contributed by atoms with Crippen LogP contribution >= 0.6 is 0 Å². The molecule has 0 saturated carbocycles. The normalized spacial score (nSPS) is 13.7. The summed E-state index contributed by atoms with van der Waals surface area (Å²) in [4.78, 5) is 26.8. The first-order valence-electron chi connectivity index (χ1n) is 10.2. The van der Waals surface area contributed by atoms with Gasteiger partial charge in [-0.05, 0) is 35.4 Å². The number of anilines is 1. The van der Waals surface area contributed by atoms with Crippen LogP contribution in [-0.4, -0.2) is 32.1 Å². The second kappa shape index (κ2) is 9.34. The van der Waals surface area contributed by atoms with Gasteiger partial charge in [0.25, 0.3) is 5.91 Å². The van der Waals surface area contributed by atoms with Crippen molar-refractivity contribution in [1.29, 1.82) is 0 Å². The number of amides is 2. The third-order valence-corrected chi connectivity index (χ3v) is 5.26. The van der Waals surface area contributed by atoms with Crippen LogP contribution in [0.3, 0.4) is 0 Å². The zero-order chi connectivity index (χ0) is 21.6. The fourth-order valence-corrected chi connectivity index (χ4v) is 3.65. The number of nitrogens with one attached hydrogen (secondary N) is 1. The van der Waals surface area contributed by atoms with Gasteiger partial charge in [-0.1, -0.05) is 54.6 Å². The number of para-hydroxylation sites is 2. The fourth-order valence-electron chi connectivity index (χ4n) is 3.65. The molecule has 0 radical (unpaired) electrons. The molecule has 3 aromatic carbocycles. The number of methoxy groups -OCH3 is 1. The number of hydrogen-bond acceptors (Lipinski definition) is 4. The smallest absolute Gasteiger partial charge is 0.265 e. The van der Waals surface area contributed by atoms with Gasteiger partial charge in [0.2, 0.25) is 5.91 Å². The molecule has 0 aromatic heterocycles. The van der Waals surface area contributed by atoms with E-state index in [0.29, 0.717) is 11.4 Å². The molecule has 1 unspecified atom stereocenters. The van der Waals surface area contributed by atoms with E-state index in [1.807, 2.05) is 78.9 Å². The van der Waals surface area contributed by atoms with Crippen molar-refractivity contribution in [3.63, 3.8) is 0 Å². The van der Waals surface area contributed by atoms with Crippen molar-refractivity contribution in [2.75, 3.05) is 25.2 Å². The van der Waals surface area contributed by atoms with Gasteiger partial charge in [0.1, 0.15) is 11.5 Å². The van der Waals surface area contributed by atoms with Crippen molar-refractivity contribution < 1.29 is 19.1 Å². The number of ether oxygens (including phenoxy) is 2. The van der Waals surface area contributed by atoms with Gasteiger partial charge in [0.05, 0.1) is 18.8 Å². The van der Waals surface area contributed by atoms with Crippen molar-refractivity contribution in [3.8, 4) is 11.5 Å². The Hall–Kier alpha value is -3.80. The monoisotopic (exact) mass is 416 g/mol. The second-order valence-corrected chi connectivity index (χ2v) is 7.24. The summed E-state index contributed by atoms with van der Waals surface area (Å²) in [5.41, 5.74) is 2.63. The van der Waals surface area contributed by atoms with Crippen LogP contribution < -0.4 is 19.7 Å². The van der Waals surface area contributed by atoms with Crippen molar-refractivity contribution in [3.05, 3.63) is 90.0 Å². The molecule has 1 aliphatic heterocycles. The summed E-state index contributed by atoms with van der Waals surface area (Å²) in [5, 5.41) is 3.12. The van der Waals surface area contributed by atoms with Gasteiger partial charge in [-0.25, -0.2) is 0 Å². The van der Waals surface area contributed by atoms with Crippen LogP contribution in [0.5, 0.6) is 11.5 Å². The Labute approximate surface area is 181 Å². The summed E-state index contributed by atoms with van der Waals surface area (Å²) in [7, 11) is 1.62. The van der Waals surface area contributed by atoms with Crippen LogP contribution in [0, 0.1) is 0 Å². The molecular formula is C25H24N2O4. The minimum Gasteiger partial charge on any atom is -0.497 e. The first kappa shape index (κ1) is 20.5. The largest absolute Gasteiger partial charge is 0.497 e. The van der Waals surface area contributed by atoms with Crippen LogP contribution in [0.4, 0.5) is 5.69 Å². The number of benzene rings is 3. The van der Waals surface area contributed by atoms with Crippen LogP contribution in [0.15, 0.2) is 78.9 Å². The molecule has 0 bridgehead atoms. The minimum atomic E-state index is -0.299.